The van der Waals surface area contributed by atoms with Crippen LogP contribution in [0.5, 0.6) is 5.75 Å². The average molecular weight is 355 g/mol. The van der Waals surface area contributed by atoms with Crippen molar-refractivity contribution in [3.8, 4) is 5.75 Å². The predicted octanol–water partition coefficient (Wildman–Crippen LogP) is 2.40. The van der Waals surface area contributed by atoms with E-state index in [4.69, 9.17) is 9.47 Å². The van der Waals surface area contributed by atoms with Crippen LogP contribution in [0.3, 0.4) is 0 Å². The highest BCUT2D eigenvalue weighted by Gasteiger charge is 2.27. The van der Waals surface area contributed by atoms with Gasteiger partial charge in [0.25, 0.3) is 5.91 Å². The molecular formula is C17H13N3O4S. The molecule has 0 fully saturated rings. The number of fused-ring (bicyclic) bond motifs is 2. The van der Waals surface area contributed by atoms with Gasteiger partial charge in [-0.3, -0.25) is 9.69 Å². The van der Waals surface area contributed by atoms with E-state index in [-0.39, 0.29) is 12.5 Å². The lowest BCUT2D eigenvalue weighted by Crippen LogP contribution is -2.38. The van der Waals surface area contributed by atoms with Crippen molar-refractivity contribution in [2.75, 3.05) is 18.6 Å². The SMILES string of the molecule is COC(=O)c1ccc2c(c1)N(Cc1nc3cccnc3s1)C(=O)CO2. The van der Waals surface area contributed by atoms with Gasteiger partial charge in [-0.25, -0.2) is 14.8 Å². The molecule has 8 heteroatoms. The van der Waals surface area contributed by atoms with Crippen LogP contribution in [0.4, 0.5) is 5.69 Å². The van der Waals surface area contributed by atoms with Gasteiger partial charge in [-0.15, -0.1) is 0 Å². The van der Waals surface area contributed by atoms with Crippen LogP contribution in [-0.2, 0) is 16.1 Å². The van der Waals surface area contributed by atoms with E-state index in [0.717, 1.165) is 15.4 Å². The van der Waals surface area contributed by atoms with Crippen LogP contribution >= 0.6 is 11.3 Å². The van der Waals surface area contributed by atoms with E-state index in [1.165, 1.54) is 18.4 Å². The molecule has 1 aliphatic heterocycles. The second-order valence-corrected chi connectivity index (χ2v) is 6.44. The molecule has 126 valence electrons. The third-order valence-corrected chi connectivity index (χ3v) is 4.79. The number of benzene rings is 1. The number of carbonyl (C=O) groups is 2. The molecule has 25 heavy (non-hydrogen) atoms. The number of anilines is 1. The van der Waals surface area contributed by atoms with Gasteiger partial charge in [-0.2, -0.15) is 0 Å². The number of ether oxygens (including phenoxy) is 2. The molecule has 0 aliphatic carbocycles. The van der Waals surface area contributed by atoms with Gasteiger partial charge in [0, 0.05) is 6.20 Å². The number of pyridine rings is 1. The van der Waals surface area contributed by atoms with Crippen LogP contribution < -0.4 is 9.64 Å². The number of rotatable bonds is 3. The van der Waals surface area contributed by atoms with Crippen molar-refractivity contribution in [1.82, 2.24) is 9.97 Å². The first-order valence-corrected chi connectivity index (χ1v) is 8.33. The molecule has 1 aromatic carbocycles. The van der Waals surface area contributed by atoms with Crippen LogP contribution in [0, 0.1) is 0 Å². The van der Waals surface area contributed by atoms with Crippen LogP contribution in [0.25, 0.3) is 10.3 Å². The molecule has 3 heterocycles. The topological polar surface area (TPSA) is 81.6 Å². The minimum Gasteiger partial charge on any atom is -0.482 e. The van der Waals surface area contributed by atoms with Crippen molar-refractivity contribution >= 4 is 39.2 Å². The Labute approximate surface area is 146 Å². The quantitative estimate of drug-likeness (QED) is 0.671. The summed E-state index contributed by atoms with van der Waals surface area (Å²) in [6.45, 7) is 0.245. The molecule has 7 nitrogen and oxygen atoms in total. The first-order valence-electron chi connectivity index (χ1n) is 7.51. The minimum absolute atomic E-state index is 0.0479. The maximum absolute atomic E-state index is 12.4. The summed E-state index contributed by atoms with van der Waals surface area (Å²) in [6, 6.07) is 8.58. The van der Waals surface area contributed by atoms with Crippen LogP contribution in [0.2, 0.25) is 0 Å². The number of thiazole rings is 1. The molecule has 0 spiro atoms. The standard InChI is InChI=1S/C17H13N3O4S/c1-23-17(22)10-4-5-13-12(7-10)20(15(21)9-24-13)8-14-19-11-3-2-6-18-16(11)25-14/h2-7H,8-9H2,1H3. The number of carbonyl (C=O) groups excluding carboxylic acids is 2. The normalized spacial score (nSPS) is 13.5. The smallest absolute Gasteiger partial charge is 0.337 e. The van der Waals surface area contributed by atoms with Crippen LogP contribution in [-0.4, -0.2) is 35.6 Å². The lowest BCUT2D eigenvalue weighted by atomic mass is 10.1. The molecule has 4 rings (SSSR count). The Balaban J connectivity index is 1.71. The van der Waals surface area contributed by atoms with Crippen molar-refractivity contribution in [2.45, 2.75) is 6.54 Å². The Morgan fingerprint density at radius 1 is 1.40 bits per heavy atom. The molecule has 0 atom stereocenters. The number of esters is 1. The Morgan fingerprint density at radius 3 is 3.08 bits per heavy atom. The van der Waals surface area contributed by atoms with Gasteiger partial charge in [0.2, 0.25) is 0 Å². The van der Waals surface area contributed by atoms with E-state index >= 15 is 0 Å². The fraction of sp³-hybridized carbons (Fsp3) is 0.176. The molecule has 1 aliphatic rings. The number of hydrogen-bond acceptors (Lipinski definition) is 7. The second kappa shape index (κ2) is 6.14. The van der Waals surface area contributed by atoms with Crippen molar-refractivity contribution in [2.24, 2.45) is 0 Å². The zero-order valence-electron chi connectivity index (χ0n) is 13.3. The van der Waals surface area contributed by atoms with E-state index in [0.29, 0.717) is 23.5 Å². The summed E-state index contributed by atoms with van der Waals surface area (Å²) in [6.07, 6.45) is 1.71. The van der Waals surface area contributed by atoms with Gasteiger partial charge < -0.3 is 9.47 Å². The lowest BCUT2D eigenvalue weighted by molar-refractivity contribution is -0.121. The largest absolute Gasteiger partial charge is 0.482 e. The molecular weight excluding hydrogens is 342 g/mol. The first kappa shape index (κ1) is 15.5. The van der Waals surface area contributed by atoms with E-state index in [2.05, 4.69) is 9.97 Å². The molecule has 0 bridgehead atoms. The van der Waals surface area contributed by atoms with E-state index in [1.807, 2.05) is 12.1 Å². The molecule has 0 unspecified atom stereocenters. The van der Waals surface area contributed by atoms with Crippen molar-refractivity contribution in [3.63, 3.8) is 0 Å². The Morgan fingerprint density at radius 2 is 2.28 bits per heavy atom. The van der Waals surface area contributed by atoms with E-state index in [9.17, 15) is 9.59 Å². The number of nitrogens with zero attached hydrogens (tertiary/aromatic N) is 3. The number of aromatic nitrogens is 2. The molecule has 3 aromatic rings. The van der Waals surface area contributed by atoms with Gasteiger partial charge >= 0.3 is 5.97 Å². The van der Waals surface area contributed by atoms with Crippen LogP contribution in [0.1, 0.15) is 15.4 Å². The summed E-state index contributed by atoms with van der Waals surface area (Å²) in [5.74, 6) is -0.113. The Kier molecular flexibility index (Phi) is 3.81. The zero-order valence-corrected chi connectivity index (χ0v) is 14.1. The Hall–Kier alpha value is -3.00. The van der Waals surface area contributed by atoms with Crippen LogP contribution in [0.15, 0.2) is 36.5 Å². The monoisotopic (exact) mass is 355 g/mol. The summed E-state index contributed by atoms with van der Waals surface area (Å²) in [7, 11) is 1.31. The number of methoxy groups -OCH3 is 1. The molecule has 1 amide bonds. The fourth-order valence-electron chi connectivity index (χ4n) is 2.64. The Bertz CT molecular complexity index is 952. The number of amides is 1. The lowest BCUT2D eigenvalue weighted by Gasteiger charge is -2.29. The van der Waals surface area contributed by atoms with Crippen molar-refractivity contribution < 1.29 is 19.1 Å². The highest BCUT2D eigenvalue weighted by molar-refractivity contribution is 7.18. The third-order valence-electron chi connectivity index (χ3n) is 3.83. The highest BCUT2D eigenvalue weighted by Crippen LogP contribution is 2.35. The molecule has 0 N–H and O–H groups in total. The fourth-order valence-corrected chi connectivity index (χ4v) is 3.53. The third kappa shape index (κ3) is 2.80. The summed E-state index contributed by atoms with van der Waals surface area (Å²) < 4.78 is 10.2. The predicted molar refractivity (Wildman–Crippen MR) is 91.9 cm³/mol. The molecule has 0 radical (unpaired) electrons. The summed E-state index contributed by atoms with van der Waals surface area (Å²) in [4.78, 5) is 35.3. The molecule has 2 aromatic heterocycles. The maximum Gasteiger partial charge on any atom is 0.337 e. The van der Waals surface area contributed by atoms with E-state index < -0.39 is 5.97 Å². The molecule has 0 saturated heterocycles. The maximum atomic E-state index is 12.4. The van der Waals surface area contributed by atoms with E-state index in [1.54, 1.807) is 29.3 Å². The molecule has 0 saturated carbocycles. The first-order chi connectivity index (χ1) is 12.2. The van der Waals surface area contributed by atoms with Gasteiger partial charge in [-0.1, -0.05) is 11.3 Å². The average Bonchev–Trinajstić information content (AvgIpc) is 3.05. The zero-order chi connectivity index (χ0) is 17.4. The summed E-state index contributed by atoms with van der Waals surface area (Å²) in [5.41, 5.74) is 1.69. The van der Waals surface area contributed by atoms with Gasteiger partial charge in [0.1, 0.15) is 21.1 Å². The van der Waals surface area contributed by atoms with Crippen molar-refractivity contribution in [3.05, 3.63) is 47.1 Å². The highest BCUT2D eigenvalue weighted by atomic mass is 32.1. The number of hydrogen-bond donors (Lipinski definition) is 0. The summed E-state index contributed by atoms with van der Waals surface area (Å²) in [5, 5.41) is 0.762. The summed E-state index contributed by atoms with van der Waals surface area (Å²) >= 11 is 1.43. The minimum atomic E-state index is -0.468. The van der Waals surface area contributed by atoms with Gasteiger partial charge in [-0.05, 0) is 30.3 Å². The second-order valence-electron chi connectivity index (χ2n) is 5.38. The van der Waals surface area contributed by atoms with Gasteiger partial charge in [0.15, 0.2) is 6.61 Å². The van der Waals surface area contributed by atoms with Gasteiger partial charge in [0.05, 0.1) is 24.9 Å². The van der Waals surface area contributed by atoms with Crippen molar-refractivity contribution in [1.29, 1.82) is 0 Å².